The van der Waals surface area contributed by atoms with Crippen molar-refractivity contribution in [3.05, 3.63) is 53.1 Å². The number of thiazole rings is 1. The van der Waals surface area contributed by atoms with Gasteiger partial charge in [-0.3, -0.25) is 14.9 Å². The highest BCUT2D eigenvalue weighted by Gasteiger charge is 2.26. The van der Waals surface area contributed by atoms with Crippen molar-refractivity contribution in [3.8, 4) is 0 Å². The fourth-order valence-electron chi connectivity index (χ4n) is 2.73. The number of para-hydroxylation sites is 1. The number of hydrogen-bond donors (Lipinski definition) is 1. The van der Waals surface area contributed by atoms with Crippen LogP contribution in [0.4, 0.5) is 10.8 Å². The van der Waals surface area contributed by atoms with Crippen LogP contribution in [0.15, 0.2) is 47.6 Å². The Labute approximate surface area is 164 Å². The number of nitrogens with one attached hydrogen (secondary N) is 1. The van der Waals surface area contributed by atoms with Crippen molar-refractivity contribution in [2.24, 2.45) is 5.10 Å². The van der Waals surface area contributed by atoms with Gasteiger partial charge in [0.15, 0.2) is 5.13 Å². The van der Waals surface area contributed by atoms with Crippen LogP contribution in [0.1, 0.15) is 18.4 Å². The minimum atomic E-state index is -0.357. The SMILES string of the molecule is Cc1ccc(N2N=C(C(=O)Nc3nc4ccccc4s3)CCC2=O)cc1Cl. The average molecular weight is 399 g/mol. The van der Waals surface area contributed by atoms with Crippen molar-refractivity contribution in [3.63, 3.8) is 0 Å². The molecule has 2 amide bonds. The second kappa shape index (κ2) is 7.09. The van der Waals surface area contributed by atoms with Crippen molar-refractivity contribution < 1.29 is 9.59 Å². The Kier molecular flexibility index (Phi) is 4.63. The van der Waals surface area contributed by atoms with E-state index in [2.05, 4.69) is 15.4 Å². The first kappa shape index (κ1) is 17.6. The number of nitrogens with zero attached hydrogens (tertiary/aromatic N) is 3. The smallest absolute Gasteiger partial charge is 0.273 e. The molecule has 0 radical (unpaired) electrons. The van der Waals surface area contributed by atoms with Gasteiger partial charge in [-0.05, 0) is 36.8 Å². The van der Waals surface area contributed by atoms with Gasteiger partial charge in [0.05, 0.1) is 15.9 Å². The first-order valence-electron chi connectivity index (χ1n) is 8.35. The van der Waals surface area contributed by atoms with Crippen molar-refractivity contribution in [1.29, 1.82) is 0 Å². The highest BCUT2D eigenvalue weighted by Crippen LogP contribution is 2.27. The molecule has 1 aliphatic heterocycles. The molecule has 3 aromatic rings. The van der Waals surface area contributed by atoms with Gasteiger partial charge in [-0.25, -0.2) is 9.99 Å². The molecule has 0 fully saturated rings. The predicted molar refractivity (Wildman–Crippen MR) is 109 cm³/mol. The molecule has 4 rings (SSSR count). The zero-order valence-corrected chi connectivity index (χ0v) is 16.0. The number of benzene rings is 2. The molecule has 0 bridgehead atoms. The molecule has 0 atom stereocenters. The summed E-state index contributed by atoms with van der Waals surface area (Å²) in [6.07, 6.45) is 0.489. The van der Waals surface area contributed by atoms with E-state index in [0.717, 1.165) is 15.8 Å². The molecule has 0 spiro atoms. The molecule has 2 aromatic carbocycles. The maximum absolute atomic E-state index is 12.6. The highest BCUT2D eigenvalue weighted by atomic mass is 35.5. The van der Waals surface area contributed by atoms with Crippen molar-refractivity contribution in [2.75, 3.05) is 10.3 Å². The van der Waals surface area contributed by atoms with Crippen LogP contribution in [0.5, 0.6) is 0 Å². The van der Waals surface area contributed by atoms with Crippen LogP contribution in [0.3, 0.4) is 0 Å². The first-order valence-corrected chi connectivity index (χ1v) is 9.54. The van der Waals surface area contributed by atoms with Gasteiger partial charge in [0, 0.05) is 17.9 Å². The second-order valence-electron chi connectivity index (χ2n) is 6.13. The molecular formula is C19H15ClN4O2S. The van der Waals surface area contributed by atoms with E-state index in [-0.39, 0.29) is 30.4 Å². The minimum absolute atomic E-state index is 0.175. The fraction of sp³-hybridized carbons (Fsp3) is 0.158. The van der Waals surface area contributed by atoms with Crippen LogP contribution >= 0.6 is 22.9 Å². The largest absolute Gasteiger partial charge is 0.297 e. The van der Waals surface area contributed by atoms with Crippen LogP contribution in [0, 0.1) is 6.92 Å². The van der Waals surface area contributed by atoms with Gasteiger partial charge in [0.2, 0.25) is 5.91 Å². The van der Waals surface area contributed by atoms with Crippen LogP contribution < -0.4 is 10.3 Å². The van der Waals surface area contributed by atoms with E-state index >= 15 is 0 Å². The van der Waals surface area contributed by atoms with E-state index in [4.69, 9.17) is 11.6 Å². The number of halogens is 1. The number of carbonyl (C=O) groups excluding carboxylic acids is 2. The summed E-state index contributed by atoms with van der Waals surface area (Å²) in [5, 5.41) is 9.33. The molecule has 1 aliphatic rings. The number of hydrogen-bond acceptors (Lipinski definition) is 5. The van der Waals surface area contributed by atoms with Crippen LogP contribution in [-0.2, 0) is 9.59 Å². The molecule has 2 heterocycles. The minimum Gasteiger partial charge on any atom is -0.297 e. The number of hydrazone groups is 1. The monoisotopic (exact) mass is 398 g/mol. The third kappa shape index (κ3) is 3.56. The zero-order valence-electron chi connectivity index (χ0n) is 14.4. The number of fused-ring (bicyclic) bond motifs is 1. The van der Waals surface area contributed by atoms with Crippen molar-refractivity contribution in [2.45, 2.75) is 19.8 Å². The predicted octanol–water partition coefficient (Wildman–Crippen LogP) is 4.38. The van der Waals surface area contributed by atoms with Gasteiger partial charge in [-0.2, -0.15) is 5.10 Å². The summed E-state index contributed by atoms with van der Waals surface area (Å²) < 4.78 is 0.990. The van der Waals surface area contributed by atoms with E-state index in [1.54, 1.807) is 12.1 Å². The molecule has 0 saturated carbocycles. The van der Waals surface area contributed by atoms with Gasteiger partial charge in [-0.15, -0.1) is 0 Å². The molecule has 136 valence electrons. The zero-order chi connectivity index (χ0) is 19.0. The third-order valence-electron chi connectivity index (χ3n) is 4.21. The van der Waals surface area contributed by atoms with Crippen LogP contribution in [0.25, 0.3) is 10.2 Å². The summed E-state index contributed by atoms with van der Waals surface area (Å²) in [4.78, 5) is 29.3. The number of aryl methyl sites for hydroxylation is 1. The molecule has 0 aliphatic carbocycles. The lowest BCUT2D eigenvalue weighted by molar-refractivity contribution is -0.118. The highest BCUT2D eigenvalue weighted by molar-refractivity contribution is 7.22. The van der Waals surface area contributed by atoms with E-state index in [1.807, 2.05) is 37.3 Å². The molecule has 0 saturated heterocycles. The summed E-state index contributed by atoms with van der Waals surface area (Å²) in [7, 11) is 0. The van der Waals surface area contributed by atoms with Crippen LogP contribution in [-0.4, -0.2) is 22.5 Å². The van der Waals surface area contributed by atoms with Crippen molar-refractivity contribution in [1.82, 2.24) is 4.98 Å². The summed E-state index contributed by atoms with van der Waals surface area (Å²) in [6, 6.07) is 12.9. The molecule has 0 unspecified atom stereocenters. The molecular weight excluding hydrogens is 384 g/mol. The number of anilines is 2. The Balaban J connectivity index is 1.58. The lowest BCUT2D eigenvalue weighted by Gasteiger charge is -2.23. The first-order chi connectivity index (χ1) is 13.0. The summed E-state index contributed by atoms with van der Waals surface area (Å²) in [5.41, 5.74) is 2.56. The molecule has 1 aromatic heterocycles. The standard InChI is InChI=1S/C19H15ClN4O2S/c1-11-6-7-12(10-13(11)20)24-17(25)9-8-15(23-24)18(26)22-19-21-14-4-2-3-5-16(14)27-19/h2-7,10H,8-9H2,1H3,(H,21,22,26). The lowest BCUT2D eigenvalue weighted by atomic mass is 10.1. The van der Waals surface area contributed by atoms with Gasteiger partial charge < -0.3 is 0 Å². The normalized spacial score (nSPS) is 14.4. The van der Waals surface area contributed by atoms with E-state index in [0.29, 0.717) is 15.8 Å². The van der Waals surface area contributed by atoms with Gasteiger partial charge in [0.25, 0.3) is 5.91 Å². The summed E-state index contributed by atoms with van der Waals surface area (Å²) in [6.45, 7) is 1.88. The molecule has 6 nitrogen and oxygen atoms in total. The third-order valence-corrected chi connectivity index (χ3v) is 5.57. The number of aromatic nitrogens is 1. The lowest BCUT2D eigenvalue weighted by Crippen LogP contribution is -2.36. The quantitative estimate of drug-likeness (QED) is 0.711. The topological polar surface area (TPSA) is 74.7 Å². The van der Waals surface area contributed by atoms with E-state index < -0.39 is 0 Å². The summed E-state index contributed by atoms with van der Waals surface area (Å²) in [5.74, 6) is -0.531. The molecule has 8 heteroatoms. The molecule has 1 N–H and O–H groups in total. The Morgan fingerprint density at radius 2 is 2.04 bits per heavy atom. The van der Waals surface area contributed by atoms with Gasteiger partial charge >= 0.3 is 0 Å². The number of carbonyl (C=O) groups is 2. The maximum atomic E-state index is 12.6. The van der Waals surface area contributed by atoms with Gasteiger partial charge in [-0.1, -0.05) is 41.1 Å². The van der Waals surface area contributed by atoms with E-state index in [1.165, 1.54) is 16.3 Å². The Hall–Kier alpha value is -2.77. The Morgan fingerprint density at radius 1 is 1.22 bits per heavy atom. The Morgan fingerprint density at radius 3 is 2.81 bits per heavy atom. The van der Waals surface area contributed by atoms with Crippen LogP contribution in [0.2, 0.25) is 5.02 Å². The van der Waals surface area contributed by atoms with E-state index in [9.17, 15) is 9.59 Å². The fourth-order valence-corrected chi connectivity index (χ4v) is 3.76. The number of rotatable bonds is 3. The van der Waals surface area contributed by atoms with Crippen molar-refractivity contribution >= 4 is 61.5 Å². The number of amides is 2. The average Bonchev–Trinajstić information content (AvgIpc) is 3.06. The molecule has 27 heavy (non-hydrogen) atoms. The van der Waals surface area contributed by atoms with Gasteiger partial charge in [0.1, 0.15) is 5.71 Å². The maximum Gasteiger partial charge on any atom is 0.273 e. The summed E-state index contributed by atoms with van der Waals surface area (Å²) >= 11 is 7.55. The second-order valence-corrected chi connectivity index (χ2v) is 7.56. The Bertz CT molecular complexity index is 1060.